The number of nitrogens with one attached hydrogen (secondary N) is 1. The molecule has 168 valence electrons. The summed E-state index contributed by atoms with van der Waals surface area (Å²) >= 11 is 0. The summed E-state index contributed by atoms with van der Waals surface area (Å²) in [7, 11) is 4.64. The molecule has 3 aromatic rings. The summed E-state index contributed by atoms with van der Waals surface area (Å²) in [6.45, 7) is 0.103. The third-order valence-electron chi connectivity index (χ3n) is 5.28. The van der Waals surface area contributed by atoms with E-state index >= 15 is 0 Å². The molecular formula is C25H23N3O5. The third-order valence-corrected chi connectivity index (χ3v) is 5.28. The van der Waals surface area contributed by atoms with Crippen molar-refractivity contribution in [2.75, 3.05) is 26.6 Å². The van der Waals surface area contributed by atoms with Gasteiger partial charge in [-0.05, 0) is 41.5 Å². The van der Waals surface area contributed by atoms with Crippen LogP contribution in [0.15, 0.2) is 72.7 Å². The van der Waals surface area contributed by atoms with Crippen molar-refractivity contribution in [1.29, 1.82) is 0 Å². The summed E-state index contributed by atoms with van der Waals surface area (Å²) in [6.07, 6.45) is 3.27. The molecule has 1 aliphatic rings. The SMILES string of the molecule is COc1ccc(C2=C(Nc3cc(OC)ccc3OC)C(=O)N(Cc3cccnc3)C2=O)cc1. The fourth-order valence-corrected chi connectivity index (χ4v) is 3.58. The molecule has 1 N–H and O–H groups in total. The van der Waals surface area contributed by atoms with Gasteiger partial charge in [0.1, 0.15) is 22.9 Å². The minimum Gasteiger partial charge on any atom is -0.497 e. The minimum atomic E-state index is -0.445. The highest BCUT2D eigenvalue weighted by Gasteiger charge is 2.39. The molecule has 0 saturated heterocycles. The van der Waals surface area contributed by atoms with Crippen LogP contribution in [0.3, 0.4) is 0 Å². The molecule has 0 unspecified atom stereocenters. The maximum Gasteiger partial charge on any atom is 0.278 e. The Hall–Kier alpha value is -4.33. The van der Waals surface area contributed by atoms with Crippen LogP contribution in [0.25, 0.3) is 5.57 Å². The zero-order chi connectivity index (χ0) is 23.4. The van der Waals surface area contributed by atoms with Crippen molar-refractivity contribution >= 4 is 23.1 Å². The summed E-state index contributed by atoms with van der Waals surface area (Å²) in [5.41, 5.74) is 2.25. The number of aromatic nitrogens is 1. The predicted octanol–water partition coefficient (Wildman–Crippen LogP) is 3.50. The summed E-state index contributed by atoms with van der Waals surface area (Å²) < 4.78 is 16.0. The van der Waals surface area contributed by atoms with Gasteiger partial charge >= 0.3 is 0 Å². The molecule has 0 aliphatic carbocycles. The van der Waals surface area contributed by atoms with E-state index in [2.05, 4.69) is 10.3 Å². The van der Waals surface area contributed by atoms with Crippen molar-refractivity contribution in [3.05, 3.63) is 83.8 Å². The largest absolute Gasteiger partial charge is 0.497 e. The first-order valence-electron chi connectivity index (χ1n) is 10.2. The first-order chi connectivity index (χ1) is 16.0. The smallest absolute Gasteiger partial charge is 0.278 e. The van der Waals surface area contributed by atoms with Crippen molar-refractivity contribution in [2.24, 2.45) is 0 Å². The van der Waals surface area contributed by atoms with Crippen molar-refractivity contribution in [2.45, 2.75) is 6.54 Å². The number of anilines is 1. The van der Waals surface area contributed by atoms with Crippen LogP contribution in [-0.4, -0.2) is 43.0 Å². The monoisotopic (exact) mass is 445 g/mol. The molecule has 8 heteroatoms. The van der Waals surface area contributed by atoms with Crippen molar-refractivity contribution in [1.82, 2.24) is 9.88 Å². The van der Waals surface area contributed by atoms with Crippen LogP contribution in [0, 0.1) is 0 Å². The molecule has 0 spiro atoms. The molecule has 4 rings (SSSR count). The van der Waals surface area contributed by atoms with Gasteiger partial charge in [0.25, 0.3) is 11.8 Å². The number of methoxy groups -OCH3 is 3. The summed E-state index contributed by atoms with van der Waals surface area (Å²) in [6, 6.07) is 15.7. The molecule has 1 aliphatic heterocycles. The number of rotatable bonds is 8. The second-order valence-electron chi connectivity index (χ2n) is 7.23. The number of hydrogen-bond acceptors (Lipinski definition) is 7. The second kappa shape index (κ2) is 9.44. The molecule has 8 nitrogen and oxygen atoms in total. The molecule has 0 radical (unpaired) electrons. The van der Waals surface area contributed by atoms with E-state index < -0.39 is 11.8 Å². The Kier molecular flexibility index (Phi) is 6.26. The number of nitrogens with zero attached hydrogens (tertiary/aromatic N) is 2. The first kappa shape index (κ1) is 21.9. The zero-order valence-electron chi connectivity index (χ0n) is 18.5. The van der Waals surface area contributed by atoms with E-state index in [0.29, 0.717) is 28.5 Å². The Balaban J connectivity index is 1.78. The Morgan fingerprint density at radius 2 is 1.61 bits per heavy atom. The molecule has 0 saturated carbocycles. The van der Waals surface area contributed by atoms with Gasteiger partial charge in [-0.25, -0.2) is 0 Å². The zero-order valence-corrected chi connectivity index (χ0v) is 18.5. The molecule has 0 atom stereocenters. The lowest BCUT2D eigenvalue weighted by Crippen LogP contribution is -2.32. The number of carbonyl (C=O) groups excluding carboxylic acids is 2. The number of pyridine rings is 1. The predicted molar refractivity (Wildman–Crippen MR) is 123 cm³/mol. The van der Waals surface area contributed by atoms with Crippen LogP contribution in [0.4, 0.5) is 5.69 Å². The van der Waals surface area contributed by atoms with E-state index in [9.17, 15) is 9.59 Å². The van der Waals surface area contributed by atoms with Gasteiger partial charge in [0, 0.05) is 18.5 Å². The van der Waals surface area contributed by atoms with E-state index in [1.54, 1.807) is 75.1 Å². The van der Waals surface area contributed by atoms with Gasteiger partial charge in [0.05, 0.1) is 39.1 Å². The Labute approximate surface area is 191 Å². The molecule has 0 bridgehead atoms. The van der Waals surface area contributed by atoms with Gasteiger partial charge in [-0.15, -0.1) is 0 Å². The van der Waals surface area contributed by atoms with E-state index in [-0.39, 0.29) is 17.8 Å². The van der Waals surface area contributed by atoms with Gasteiger partial charge in [-0.1, -0.05) is 18.2 Å². The topological polar surface area (TPSA) is 90.0 Å². The van der Waals surface area contributed by atoms with Crippen molar-refractivity contribution < 1.29 is 23.8 Å². The highest BCUT2D eigenvalue weighted by atomic mass is 16.5. The molecule has 2 heterocycles. The van der Waals surface area contributed by atoms with Gasteiger partial charge in [-0.2, -0.15) is 0 Å². The Morgan fingerprint density at radius 3 is 2.24 bits per heavy atom. The van der Waals surface area contributed by atoms with Gasteiger partial charge in [0.2, 0.25) is 0 Å². The van der Waals surface area contributed by atoms with Crippen LogP contribution in [-0.2, 0) is 16.1 Å². The van der Waals surface area contributed by atoms with Crippen molar-refractivity contribution in [3.8, 4) is 17.2 Å². The number of benzene rings is 2. The highest BCUT2D eigenvalue weighted by Crippen LogP contribution is 2.36. The van der Waals surface area contributed by atoms with Gasteiger partial charge in [-0.3, -0.25) is 19.5 Å². The van der Waals surface area contributed by atoms with Crippen LogP contribution in [0.1, 0.15) is 11.1 Å². The third kappa shape index (κ3) is 4.36. The lowest BCUT2D eigenvalue weighted by Gasteiger charge is -2.16. The van der Waals surface area contributed by atoms with Crippen LogP contribution in [0.2, 0.25) is 0 Å². The summed E-state index contributed by atoms with van der Waals surface area (Å²) in [5, 5.41) is 3.12. The van der Waals surface area contributed by atoms with E-state index in [1.165, 1.54) is 12.0 Å². The molecule has 1 aromatic heterocycles. The van der Waals surface area contributed by atoms with E-state index in [0.717, 1.165) is 5.56 Å². The fraction of sp³-hybridized carbons (Fsp3) is 0.160. The van der Waals surface area contributed by atoms with Gasteiger partial charge in [0.15, 0.2) is 0 Å². The molecule has 33 heavy (non-hydrogen) atoms. The fourth-order valence-electron chi connectivity index (χ4n) is 3.58. The molecule has 0 fully saturated rings. The Morgan fingerprint density at radius 1 is 0.879 bits per heavy atom. The van der Waals surface area contributed by atoms with Crippen LogP contribution >= 0.6 is 0 Å². The van der Waals surface area contributed by atoms with E-state index in [4.69, 9.17) is 14.2 Å². The lowest BCUT2D eigenvalue weighted by molar-refractivity contribution is -0.137. The number of imide groups is 1. The maximum atomic E-state index is 13.5. The molecule has 2 amide bonds. The number of hydrogen-bond donors (Lipinski definition) is 1. The maximum absolute atomic E-state index is 13.5. The first-order valence-corrected chi connectivity index (χ1v) is 10.2. The van der Waals surface area contributed by atoms with Gasteiger partial charge < -0.3 is 19.5 Å². The minimum absolute atomic E-state index is 0.103. The van der Waals surface area contributed by atoms with Crippen LogP contribution in [0.5, 0.6) is 17.2 Å². The summed E-state index contributed by atoms with van der Waals surface area (Å²) in [4.78, 5) is 32.2. The molecular weight excluding hydrogens is 422 g/mol. The van der Waals surface area contributed by atoms with E-state index in [1.807, 2.05) is 6.07 Å². The summed E-state index contributed by atoms with van der Waals surface area (Å²) in [5.74, 6) is 0.877. The van der Waals surface area contributed by atoms with Crippen LogP contribution < -0.4 is 19.5 Å². The highest BCUT2D eigenvalue weighted by molar-refractivity contribution is 6.36. The Bertz CT molecular complexity index is 1210. The number of ether oxygens (including phenoxy) is 3. The normalized spacial score (nSPS) is 13.4. The van der Waals surface area contributed by atoms with Crippen molar-refractivity contribution in [3.63, 3.8) is 0 Å². The average molecular weight is 445 g/mol. The second-order valence-corrected chi connectivity index (χ2v) is 7.23. The lowest BCUT2D eigenvalue weighted by atomic mass is 10.0. The average Bonchev–Trinajstić information content (AvgIpc) is 3.08. The number of amides is 2. The standard InChI is InChI=1S/C25H23N3O5/c1-31-18-8-6-17(7-9-18)22-23(27-20-13-19(32-2)10-11-21(20)33-3)25(30)28(24(22)29)15-16-5-4-12-26-14-16/h4-14,27H,15H2,1-3H3. The number of carbonyl (C=O) groups is 2. The quantitative estimate of drug-likeness (QED) is 0.531. The molecule has 2 aromatic carbocycles.